The van der Waals surface area contributed by atoms with Gasteiger partial charge in [-0.15, -0.1) is 0 Å². The molecule has 0 saturated carbocycles. The maximum atomic E-state index is 9.20. The van der Waals surface area contributed by atoms with E-state index in [9.17, 15) is 5.11 Å². The number of aliphatic hydroxyl groups excluding tert-OH is 1. The molecular weight excluding hydrogens is 238 g/mol. The zero-order valence-corrected chi connectivity index (χ0v) is 10.1. The summed E-state index contributed by atoms with van der Waals surface area (Å²) in [5.41, 5.74) is 1.63. The number of hydrogen-bond acceptors (Lipinski definition) is 3. The fourth-order valence-corrected chi connectivity index (χ4v) is 1.59. The molecular formula is C13H12ClNO2. The summed E-state index contributed by atoms with van der Waals surface area (Å²) in [5, 5.41) is 9.58. The van der Waals surface area contributed by atoms with E-state index >= 15 is 0 Å². The van der Waals surface area contributed by atoms with Gasteiger partial charge >= 0.3 is 0 Å². The third-order valence-corrected chi connectivity index (χ3v) is 2.59. The number of ether oxygens (including phenoxy) is 1. The number of aliphatic hydroxyl groups is 1. The first kappa shape index (κ1) is 11.9. The molecule has 2 aromatic rings. The molecule has 0 amide bonds. The smallest absolute Gasteiger partial charge is 0.134 e. The molecule has 88 valence electrons. The van der Waals surface area contributed by atoms with Crippen LogP contribution in [0.3, 0.4) is 0 Å². The van der Waals surface area contributed by atoms with Crippen molar-refractivity contribution in [2.75, 3.05) is 0 Å². The molecule has 0 aliphatic carbocycles. The summed E-state index contributed by atoms with van der Waals surface area (Å²) in [5.74, 6) is 1.27. The second kappa shape index (κ2) is 5.17. The van der Waals surface area contributed by atoms with E-state index in [1.165, 1.54) is 0 Å². The van der Waals surface area contributed by atoms with Crippen LogP contribution < -0.4 is 4.74 Å². The lowest BCUT2D eigenvalue weighted by atomic mass is 10.2. The number of nitrogens with zero attached hydrogens (tertiary/aromatic N) is 1. The zero-order chi connectivity index (χ0) is 12.3. The van der Waals surface area contributed by atoms with Gasteiger partial charge in [-0.1, -0.05) is 29.8 Å². The molecule has 2 rings (SSSR count). The third-order valence-electron chi connectivity index (χ3n) is 2.38. The van der Waals surface area contributed by atoms with Gasteiger partial charge in [0.05, 0.1) is 6.61 Å². The van der Waals surface area contributed by atoms with Crippen LogP contribution in [0.1, 0.15) is 11.1 Å². The highest BCUT2D eigenvalue weighted by Gasteiger charge is 2.06. The minimum absolute atomic E-state index is 0.0615. The van der Waals surface area contributed by atoms with Gasteiger partial charge in [0.25, 0.3) is 0 Å². The van der Waals surface area contributed by atoms with E-state index in [1.807, 2.05) is 25.1 Å². The van der Waals surface area contributed by atoms with Crippen molar-refractivity contribution in [3.63, 3.8) is 0 Å². The van der Waals surface area contributed by atoms with E-state index < -0.39 is 0 Å². The van der Waals surface area contributed by atoms with Crippen molar-refractivity contribution in [1.82, 2.24) is 4.98 Å². The first-order chi connectivity index (χ1) is 8.20. The quantitative estimate of drug-likeness (QED) is 0.849. The molecule has 0 atom stereocenters. The molecule has 3 nitrogen and oxygen atoms in total. The Morgan fingerprint density at radius 3 is 2.82 bits per heavy atom. The van der Waals surface area contributed by atoms with Crippen molar-refractivity contribution in [1.29, 1.82) is 0 Å². The fourth-order valence-electron chi connectivity index (χ4n) is 1.44. The number of benzene rings is 1. The fraction of sp³-hybridized carbons (Fsp3) is 0.154. The summed E-state index contributed by atoms with van der Waals surface area (Å²) in [7, 11) is 0. The molecule has 1 heterocycles. The number of pyridine rings is 1. The summed E-state index contributed by atoms with van der Waals surface area (Å²) in [6, 6.07) is 8.98. The molecule has 1 aromatic heterocycles. The SMILES string of the molecule is Cc1cnc(Cl)cc1Oc1ccccc1CO. The van der Waals surface area contributed by atoms with Crippen molar-refractivity contribution < 1.29 is 9.84 Å². The Hall–Kier alpha value is -1.58. The normalized spacial score (nSPS) is 10.3. The van der Waals surface area contributed by atoms with Gasteiger partial charge in [-0.05, 0) is 13.0 Å². The zero-order valence-electron chi connectivity index (χ0n) is 9.35. The van der Waals surface area contributed by atoms with Crippen molar-refractivity contribution >= 4 is 11.6 Å². The molecule has 0 aliphatic heterocycles. The maximum absolute atomic E-state index is 9.20. The topological polar surface area (TPSA) is 42.4 Å². The van der Waals surface area contributed by atoms with Gasteiger partial charge in [0.15, 0.2) is 0 Å². The third kappa shape index (κ3) is 2.75. The standard InChI is InChI=1S/C13H12ClNO2/c1-9-7-15-13(14)6-12(9)17-11-5-3-2-4-10(11)8-16/h2-7,16H,8H2,1H3. The summed E-state index contributed by atoms with van der Waals surface area (Å²) < 4.78 is 5.73. The van der Waals surface area contributed by atoms with Crippen molar-refractivity contribution in [3.8, 4) is 11.5 Å². The highest BCUT2D eigenvalue weighted by Crippen LogP contribution is 2.28. The van der Waals surface area contributed by atoms with Crippen LogP contribution in [-0.2, 0) is 6.61 Å². The summed E-state index contributed by atoms with van der Waals surface area (Å²) in [6.07, 6.45) is 1.65. The Morgan fingerprint density at radius 1 is 1.29 bits per heavy atom. The molecule has 0 radical (unpaired) electrons. The van der Waals surface area contributed by atoms with Gasteiger partial charge in [-0.3, -0.25) is 0 Å². The average Bonchev–Trinajstić information content (AvgIpc) is 2.34. The largest absolute Gasteiger partial charge is 0.457 e. The van der Waals surface area contributed by atoms with Crippen LogP contribution in [0.4, 0.5) is 0 Å². The average molecular weight is 250 g/mol. The Labute approximate surface area is 105 Å². The molecule has 1 aromatic carbocycles. The number of rotatable bonds is 3. The number of aromatic nitrogens is 1. The number of para-hydroxylation sites is 1. The molecule has 0 bridgehead atoms. The van der Waals surface area contributed by atoms with Crippen LogP contribution in [0.2, 0.25) is 5.15 Å². The first-order valence-corrected chi connectivity index (χ1v) is 5.57. The van der Waals surface area contributed by atoms with E-state index in [1.54, 1.807) is 18.3 Å². The predicted octanol–water partition coefficient (Wildman–Crippen LogP) is 3.33. The summed E-state index contributed by atoms with van der Waals surface area (Å²) >= 11 is 5.82. The second-order valence-corrected chi connectivity index (χ2v) is 4.03. The van der Waals surface area contributed by atoms with Crippen LogP contribution in [0.5, 0.6) is 11.5 Å². The molecule has 0 spiro atoms. The second-order valence-electron chi connectivity index (χ2n) is 3.64. The van der Waals surface area contributed by atoms with E-state index in [0.717, 1.165) is 11.1 Å². The lowest BCUT2D eigenvalue weighted by Gasteiger charge is -2.11. The van der Waals surface area contributed by atoms with Gasteiger partial charge in [-0.25, -0.2) is 4.98 Å². The van der Waals surface area contributed by atoms with E-state index in [4.69, 9.17) is 16.3 Å². The van der Waals surface area contributed by atoms with Crippen LogP contribution in [-0.4, -0.2) is 10.1 Å². The van der Waals surface area contributed by atoms with Crippen LogP contribution in [0, 0.1) is 6.92 Å². The molecule has 17 heavy (non-hydrogen) atoms. The van der Waals surface area contributed by atoms with E-state index in [0.29, 0.717) is 16.7 Å². The predicted molar refractivity (Wildman–Crippen MR) is 66.4 cm³/mol. The first-order valence-electron chi connectivity index (χ1n) is 5.19. The number of aryl methyl sites for hydroxylation is 1. The molecule has 4 heteroatoms. The summed E-state index contributed by atoms with van der Waals surface area (Å²) in [6.45, 7) is 1.83. The molecule has 1 N–H and O–H groups in total. The Balaban J connectivity index is 2.34. The maximum Gasteiger partial charge on any atom is 0.134 e. The van der Waals surface area contributed by atoms with Crippen molar-refractivity contribution in [3.05, 3.63) is 52.8 Å². The minimum atomic E-state index is -0.0615. The highest BCUT2D eigenvalue weighted by molar-refractivity contribution is 6.29. The highest BCUT2D eigenvalue weighted by atomic mass is 35.5. The Morgan fingerprint density at radius 2 is 2.06 bits per heavy atom. The van der Waals surface area contributed by atoms with Gasteiger partial charge in [0, 0.05) is 23.4 Å². The summed E-state index contributed by atoms with van der Waals surface area (Å²) in [4.78, 5) is 3.96. The van der Waals surface area contributed by atoms with Crippen LogP contribution in [0.15, 0.2) is 36.5 Å². The minimum Gasteiger partial charge on any atom is -0.457 e. The van der Waals surface area contributed by atoms with Gasteiger partial charge < -0.3 is 9.84 Å². The number of hydrogen-bond donors (Lipinski definition) is 1. The Bertz CT molecular complexity index is 529. The lowest BCUT2D eigenvalue weighted by Crippen LogP contribution is -1.93. The molecule has 0 saturated heterocycles. The molecule has 0 fully saturated rings. The lowest BCUT2D eigenvalue weighted by molar-refractivity contribution is 0.276. The van der Waals surface area contributed by atoms with Crippen LogP contribution >= 0.6 is 11.6 Å². The monoisotopic (exact) mass is 249 g/mol. The van der Waals surface area contributed by atoms with Gasteiger partial charge in [0.2, 0.25) is 0 Å². The van der Waals surface area contributed by atoms with Gasteiger partial charge in [0.1, 0.15) is 16.7 Å². The van der Waals surface area contributed by atoms with Gasteiger partial charge in [-0.2, -0.15) is 0 Å². The number of halogens is 1. The van der Waals surface area contributed by atoms with E-state index in [-0.39, 0.29) is 6.61 Å². The molecule has 0 unspecified atom stereocenters. The Kier molecular flexibility index (Phi) is 3.61. The van der Waals surface area contributed by atoms with E-state index in [2.05, 4.69) is 4.98 Å². The molecule has 0 aliphatic rings. The van der Waals surface area contributed by atoms with Crippen molar-refractivity contribution in [2.45, 2.75) is 13.5 Å². The van der Waals surface area contributed by atoms with Crippen LogP contribution in [0.25, 0.3) is 0 Å². The van der Waals surface area contributed by atoms with Crippen molar-refractivity contribution in [2.24, 2.45) is 0 Å².